The van der Waals surface area contributed by atoms with Crippen molar-refractivity contribution in [1.82, 2.24) is 19.9 Å². The molecule has 5 heteroatoms. The summed E-state index contributed by atoms with van der Waals surface area (Å²) in [6, 6.07) is 11.8. The number of benzene rings is 1. The number of fused-ring (bicyclic) bond motifs is 1. The van der Waals surface area contributed by atoms with E-state index < -0.39 is 0 Å². The van der Waals surface area contributed by atoms with E-state index in [1.807, 2.05) is 6.07 Å². The molecule has 1 N–H and O–H groups in total. The number of hydrogen-bond acceptors (Lipinski definition) is 3. The van der Waals surface area contributed by atoms with Gasteiger partial charge in [0.2, 0.25) is 0 Å². The Morgan fingerprint density at radius 3 is 2.40 bits per heavy atom. The van der Waals surface area contributed by atoms with Gasteiger partial charge in [0.05, 0.1) is 11.0 Å². The van der Waals surface area contributed by atoms with E-state index >= 15 is 0 Å². The lowest BCUT2D eigenvalue weighted by atomic mass is 10.1. The van der Waals surface area contributed by atoms with E-state index in [2.05, 4.69) is 40.0 Å². The fourth-order valence-corrected chi connectivity index (χ4v) is 3.86. The molecule has 0 aliphatic heterocycles. The van der Waals surface area contributed by atoms with E-state index in [0.29, 0.717) is 12.1 Å². The Morgan fingerprint density at radius 1 is 0.933 bits per heavy atom. The number of nitrogens with zero attached hydrogens (tertiary/aromatic N) is 3. The minimum absolute atomic E-state index is 0.0665. The zero-order valence-corrected chi connectivity index (χ0v) is 18.1. The summed E-state index contributed by atoms with van der Waals surface area (Å²) >= 11 is 0. The first-order valence-electron chi connectivity index (χ1n) is 11.4. The second kappa shape index (κ2) is 12.1. The molecule has 0 radical (unpaired) electrons. The lowest BCUT2D eigenvalue weighted by molar-refractivity contribution is 0.0954. The molecule has 0 fully saturated rings. The van der Waals surface area contributed by atoms with Gasteiger partial charge in [-0.3, -0.25) is 9.78 Å². The van der Waals surface area contributed by atoms with Crippen LogP contribution in [0.15, 0.2) is 48.8 Å². The Bertz CT molecular complexity index is 904. The molecule has 0 bridgehead atoms. The van der Waals surface area contributed by atoms with Crippen LogP contribution in [0.5, 0.6) is 0 Å². The van der Waals surface area contributed by atoms with E-state index in [9.17, 15) is 4.79 Å². The maximum absolute atomic E-state index is 12.3. The molecule has 3 rings (SSSR count). The minimum Gasteiger partial charge on any atom is -0.352 e. The van der Waals surface area contributed by atoms with Crippen molar-refractivity contribution in [2.24, 2.45) is 0 Å². The van der Waals surface area contributed by atoms with Crippen LogP contribution < -0.4 is 5.32 Å². The number of imidazole rings is 1. The summed E-state index contributed by atoms with van der Waals surface area (Å²) in [6.45, 7) is 3.82. The van der Waals surface area contributed by atoms with Gasteiger partial charge in [0, 0.05) is 37.5 Å². The molecule has 1 aromatic carbocycles. The van der Waals surface area contributed by atoms with Crippen LogP contribution in [0.2, 0.25) is 0 Å². The smallest absolute Gasteiger partial charge is 0.251 e. The molecule has 30 heavy (non-hydrogen) atoms. The van der Waals surface area contributed by atoms with Gasteiger partial charge < -0.3 is 9.88 Å². The van der Waals surface area contributed by atoms with Crippen molar-refractivity contribution in [2.75, 3.05) is 6.54 Å². The summed E-state index contributed by atoms with van der Waals surface area (Å²) in [6.07, 6.45) is 14.5. The molecule has 0 atom stereocenters. The molecule has 2 aromatic heterocycles. The third-order valence-electron chi connectivity index (χ3n) is 5.55. The first-order valence-corrected chi connectivity index (χ1v) is 11.4. The Kier molecular flexibility index (Phi) is 8.88. The molecule has 5 nitrogen and oxygen atoms in total. The molecule has 0 unspecified atom stereocenters. The van der Waals surface area contributed by atoms with E-state index in [1.54, 1.807) is 24.5 Å². The highest BCUT2D eigenvalue weighted by atomic mass is 16.1. The molecule has 1 amide bonds. The topological polar surface area (TPSA) is 59.8 Å². The van der Waals surface area contributed by atoms with Crippen LogP contribution in [-0.4, -0.2) is 27.0 Å². The summed E-state index contributed by atoms with van der Waals surface area (Å²) in [5.41, 5.74) is 2.86. The van der Waals surface area contributed by atoms with Crippen LogP contribution in [0.25, 0.3) is 11.0 Å². The zero-order valence-electron chi connectivity index (χ0n) is 18.1. The number of unbranched alkanes of at least 4 members (excludes halogenated alkanes) is 7. The van der Waals surface area contributed by atoms with Gasteiger partial charge >= 0.3 is 0 Å². The molecule has 0 spiro atoms. The molecule has 0 aliphatic rings. The standard InChI is InChI=1S/C25H34N4O/c1-2-3-4-5-6-7-8-11-20-29-23-13-10-9-12-22(23)28-24(29)16-19-27-25(30)21-14-17-26-18-15-21/h9-10,12-15,17-18H,2-8,11,16,19-20H2,1H3,(H,27,30). The van der Waals surface area contributed by atoms with Crippen molar-refractivity contribution in [1.29, 1.82) is 0 Å². The number of carbonyl (C=O) groups is 1. The van der Waals surface area contributed by atoms with Crippen LogP contribution in [-0.2, 0) is 13.0 Å². The minimum atomic E-state index is -0.0665. The number of aryl methyl sites for hydroxylation is 1. The zero-order chi connectivity index (χ0) is 21.0. The average molecular weight is 407 g/mol. The summed E-state index contributed by atoms with van der Waals surface area (Å²) in [5.74, 6) is 0.984. The quantitative estimate of drug-likeness (QED) is 0.379. The Labute approximate surface area is 179 Å². The van der Waals surface area contributed by atoms with Crippen molar-refractivity contribution < 1.29 is 4.79 Å². The van der Waals surface area contributed by atoms with Gasteiger partial charge in [-0.15, -0.1) is 0 Å². The second-order valence-corrected chi connectivity index (χ2v) is 7.89. The SMILES string of the molecule is CCCCCCCCCCn1c(CCNC(=O)c2ccncc2)nc2ccccc21. The number of nitrogens with one attached hydrogen (secondary N) is 1. The molecule has 0 saturated heterocycles. The molecule has 2 heterocycles. The van der Waals surface area contributed by atoms with Crippen LogP contribution >= 0.6 is 0 Å². The first kappa shape index (κ1) is 22.0. The monoisotopic (exact) mass is 406 g/mol. The van der Waals surface area contributed by atoms with Gasteiger partial charge in [-0.2, -0.15) is 0 Å². The number of rotatable bonds is 13. The predicted octanol–water partition coefficient (Wildman–Crippen LogP) is 5.54. The van der Waals surface area contributed by atoms with Crippen molar-refractivity contribution in [3.8, 4) is 0 Å². The molecular formula is C25H34N4O. The lowest BCUT2D eigenvalue weighted by Crippen LogP contribution is -2.26. The Morgan fingerprint density at radius 2 is 1.63 bits per heavy atom. The fourth-order valence-electron chi connectivity index (χ4n) is 3.86. The highest BCUT2D eigenvalue weighted by Crippen LogP contribution is 2.18. The average Bonchev–Trinajstić information content (AvgIpc) is 3.13. The summed E-state index contributed by atoms with van der Waals surface area (Å²) in [5, 5.41) is 3.00. The van der Waals surface area contributed by atoms with Gasteiger partial charge in [-0.1, -0.05) is 64.0 Å². The van der Waals surface area contributed by atoms with Gasteiger partial charge in [0.15, 0.2) is 0 Å². The summed E-state index contributed by atoms with van der Waals surface area (Å²) in [7, 11) is 0. The Balaban J connectivity index is 1.52. The third kappa shape index (κ3) is 6.41. The second-order valence-electron chi connectivity index (χ2n) is 7.89. The number of amides is 1. The van der Waals surface area contributed by atoms with Gasteiger partial charge in [-0.25, -0.2) is 4.98 Å². The van der Waals surface area contributed by atoms with Crippen molar-refractivity contribution in [2.45, 2.75) is 71.3 Å². The third-order valence-corrected chi connectivity index (χ3v) is 5.55. The van der Waals surface area contributed by atoms with Gasteiger partial charge in [-0.05, 0) is 30.7 Å². The van der Waals surface area contributed by atoms with Gasteiger partial charge in [0.1, 0.15) is 5.82 Å². The van der Waals surface area contributed by atoms with Crippen LogP contribution in [0.1, 0.15) is 74.5 Å². The number of hydrogen-bond donors (Lipinski definition) is 1. The molecule has 160 valence electrons. The number of pyridine rings is 1. The molecular weight excluding hydrogens is 372 g/mol. The van der Waals surface area contributed by atoms with Crippen LogP contribution in [0.3, 0.4) is 0 Å². The number of aromatic nitrogens is 3. The van der Waals surface area contributed by atoms with E-state index in [4.69, 9.17) is 4.98 Å². The lowest BCUT2D eigenvalue weighted by Gasteiger charge is -2.10. The summed E-state index contributed by atoms with van der Waals surface area (Å²) in [4.78, 5) is 21.1. The van der Waals surface area contributed by atoms with Crippen LogP contribution in [0.4, 0.5) is 0 Å². The number of carbonyl (C=O) groups excluding carboxylic acids is 1. The molecule has 3 aromatic rings. The Hall–Kier alpha value is -2.69. The highest BCUT2D eigenvalue weighted by Gasteiger charge is 2.11. The van der Waals surface area contributed by atoms with Gasteiger partial charge in [0.25, 0.3) is 5.91 Å². The van der Waals surface area contributed by atoms with Crippen LogP contribution in [0, 0.1) is 0 Å². The normalized spacial score (nSPS) is 11.1. The van der Waals surface area contributed by atoms with E-state index in [-0.39, 0.29) is 5.91 Å². The first-order chi connectivity index (χ1) is 14.8. The molecule has 0 saturated carbocycles. The predicted molar refractivity (Wildman–Crippen MR) is 123 cm³/mol. The fraction of sp³-hybridized carbons (Fsp3) is 0.480. The number of para-hydroxylation sites is 2. The highest BCUT2D eigenvalue weighted by molar-refractivity contribution is 5.93. The van der Waals surface area contributed by atoms with Crippen molar-refractivity contribution >= 4 is 16.9 Å². The van der Waals surface area contributed by atoms with E-state index in [0.717, 1.165) is 24.3 Å². The molecule has 0 aliphatic carbocycles. The van der Waals surface area contributed by atoms with E-state index in [1.165, 1.54) is 56.9 Å². The maximum atomic E-state index is 12.3. The van der Waals surface area contributed by atoms with Crippen molar-refractivity contribution in [3.63, 3.8) is 0 Å². The maximum Gasteiger partial charge on any atom is 0.251 e. The summed E-state index contributed by atoms with van der Waals surface area (Å²) < 4.78 is 2.34. The largest absolute Gasteiger partial charge is 0.352 e. The van der Waals surface area contributed by atoms with Crippen molar-refractivity contribution in [3.05, 3.63) is 60.2 Å².